The van der Waals surface area contributed by atoms with Gasteiger partial charge in [-0.2, -0.15) is 0 Å². The smallest absolute Gasteiger partial charge is 0.0800 e. The first kappa shape index (κ1) is 6.81. The number of hydrogen-bond acceptors (Lipinski definition) is 1. The fourth-order valence-corrected chi connectivity index (χ4v) is 1.23. The van der Waals surface area contributed by atoms with Gasteiger partial charge >= 0.3 is 0 Å². The first-order chi connectivity index (χ1) is 4.11. The average Bonchev–Trinajstić information content (AvgIpc) is 2.08. The van der Waals surface area contributed by atoms with E-state index in [4.69, 9.17) is 0 Å². The van der Waals surface area contributed by atoms with Gasteiger partial charge in [-0.15, -0.1) is 0 Å². The minimum absolute atomic E-state index is 0.559. The van der Waals surface area contributed by atoms with E-state index in [1.807, 2.05) is 13.8 Å². The second kappa shape index (κ2) is 2.14. The highest BCUT2D eigenvalue weighted by Gasteiger charge is 2.20. The Morgan fingerprint density at radius 1 is 1.56 bits per heavy atom. The van der Waals surface area contributed by atoms with Crippen molar-refractivity contribution in [3.05, 3.63) is 11.6 Å². The molecule has 0 radical (unpaired) electrons. The van der Waals surface area contributed by atoms with Crippen LogP contribution < -0.4 is 0 Å². The summed E-state index contributed by atoms with van der Waals surface area (Å²) in [6.07, 6.45) is 5.61. The molecule has 0 saturated carbocycles. The molecule has 1 N–H and O–H groups in total. The van der Waals surface area contributed by atoms with Gasteiger partial charge in [0.25, 0.3) is 0 Å². The van der Waals surface area contributed by atoms with Gasteiger partial charge in [0.05, 0.1) is 5.60 Å². The Balaban J connectivity index is 2.61. The fraction of sp³-hybridized carbons (Fsp3) is 0.750. The first-order valence-corrected chi connectivity index (χ1v) is 3.52. The molecule has 1 heteroatoms. The van der Waals surface area contributed by atoms with Crippen LogP contribution in [0.4, 0.5) is 0 Å². The predicted molar refractivity (Wildman–Crippen MR) is 38.2 cm³/mol. The van der Waals surface area contributed by atoms with E-state index in [2.05, 4.69) is 6.08 Å². The van der Waals surface area contributed by atoms with Gasteiger partial charge in [-0.1, -0.05) is 6.08 Å². The highest BCUT2D eigenvalue weighted by atomic mass is 16.3. The van der Waals surface area contributed by atoms with Crippen molar-refractivity contribution < 1.29 is 5.11 Å². The summed E-state index contributed by atoms with van der Waals surface area (Å²) in [6.45, 7) is 3.70. The van der Waals surface area contributed by atoms with Crippen molar-refractivity contribution in [1.82, 2.24) is 0 Å². The van der Waals surface area contributed by atoms with Gasteiger partial charge in [-0.25, -0.2) is 0 Å². The molecule has 0 aromatic heterocycles. The minimum Gasteiger partial charge on any atom is -0.386 e. The zero-order valence-electron chi connectivity index (χ0n) is 6.15. The Kier molecular flexibility index (Phi) is 1.62. The number of rotatable bonds is 1. The first-order valence-electron chi connectivity index (χ1n) is 3.52. The number of allylic oxidation sites excluding steroid dienone is 1. The summed E-state index contributed by atoms with van der Waals surface area (Å²) in [5.41, 5.74) is 0.652. The summed E-state index contributed by atoms with van der Waals surface area (Å²) in [5, 5.41) is 9.45. The molecule has 0 aromatic carbocycles. The van der Waals surface area contributed by atoms with E-state index in [1.165, 1.54) is 12.0 Å². The predicted octanol–water partition coefficient (Wildman–Crippen LogP) is 1.87. The van der Waals surface area contributed by atoms with Crippen LogP contribution in [0.2, 0.25) is 0 Å². The fourth-order valence-electron chi connectivity index (χ4n) is 1.23. The van der Waals surface area contributed by atoms with Crippen LogP contribution in [-0.2, 0) is 0 Å². The molecule has 0 unspecified atom stereocenters. The molecule has 0 bridgehead atoms. The Morgan fingerprint density at radius 3 is 2.44 bits per heavy atom. The normalized spacial score (nSPS) is 20.1. The Labute approximate surface area is 56.4 Å². The molecule has 9 heavy (non-hydrogen) atoms. The Hall–Kier alpha value is -0.300. The van der Waals surface area contributed by atoms with Crippen LogP contribution >= 0.6 is 0 Å². The van der Waals surface area contributed by atoms with Crippen molar-refractivity contribution in [2.45, 2.75) is 38.7 Å². The van der Waals surface area contributed by atoms with Gasteiger partial charge in [-0.05, 0) is 38.7 Å². The lowest BCUT2D eigenvalue weighted by Gasteiger charge is -2.18. The van der Waals surface area contributed by atoms with E-state index in [1.54, 1.807) is 0 Å². The quantitative estimate of drug-likeness (QED) is 0.532. The number of aliphatic hydroxyl groups is 1. The average molecular weight is 126 g/mol. The summed E-state index contributed by atoms with van der Waals surface area (Å²) >= 11 is 0. The molecule has 52 valence electrons. The highest BCUT2D eigenvalue weighted by Crippen LogP contribution is 2.27. The molecule has 0 saturated heterocycles. The maximum absolute atomic E-state index is 9.45. The molecule has 0 fully saturated rings. The van der Waals surface area contributed by atoms with Gasteiger partial charge in [0.1, 0.15) is 0 Å². The van der Waals surface area contributed by atoms with Crippen molar-refractivity contribution in [2.75, 3.05) is 0 Å². The molecule has 0 atom stereocenters. The van der Waals surface area contributed by atoms with Gasteiger partial charge < -0.3 is 5.11 Å². The molecule has 0 heterocycles. The molecule has 1 nitrogen and oxygen atoms in total. The molecule has 0 amide bonds. The molecule has 0 aliphatic heterocycles. The molecular weight excluding hydrogens is 112 g/mol. The van der Waals surface area contributed by atoms with Crippen LogP contribution in [0.3, 0.4) is 0 Å². The molecule has 1 aliphatic rings. The molecule has 0 aromatic rings. The zero-order valence-corrected chi connectivity index (χ0v) is 6.15. The lowest BCUT2D eigenvalue weighted by molar-refractivity contribution is 0.117. The third kappa shape index (κ3) is 1.55. The van der Waals surface area contributed by atoms with E-state index in [0.717, 1.165) is 12.8 Å². The molecule has 1 aliphatic carbocycles. The van der Waals surface area contributed by atoms with Crippen molar-refractivity contribution in [1.29, 1.82) is 0 Å². The lowest BCUT2D eigenvalue weighted by Crippen LogP contribution is -2.20. The summed E-state index contributed by atoms with van der Waals surface area (Å²) < 4.78 is 0. The number of hydrogen-bond donors (Lipinski definition) is 1. The van der Waals surface area contributed by atoms with Crippen LogP contribution in [0.5, 0.6) is 0 Å². The van der Waals surface area contributed by atoms with Crippen LogP contribution in [0.25, 0.3) is 0 Å². The van der Waals surface area contributed by atoms with E-state index in [0.29, 0.717) is 0 Å². The van der Waals surface area contributed by atoms with E-state index >= 15 is 0 Å². The van der Waals surface area contributed by atoms with Crippen molar-refractivity contribution in [3.8, 4) is 0 Å². The van der Waals surface area contributed by atoms with Crippen molar-refractivity contribution >= 4 is 0 Å². The summed E-state index contributed by atoms with van der Waals surface area (Å²) in [7, 11) is 0. The molecule has 0 spiro atoms. The molecule has 1 rings (SSSR count). The summed E-state index contributed by atoms with van der Waals surface area (Å²) in [5.74, 6) is 0. The minimum atomic E-state index is -0.559. The van der Waals surface area contributed by atoms with Gasteiger partial charge in [0.15, 0.2) is 0 Å². The second-order valence-corrected chi connectivity index (χ2v) is 3.18. The second-order valence-electron chi connectivity index (χ2n) is 3.18. The maximum Gasteiger partial charge on any atom is 0.0800 e. The van der Waals surface area contributed by atoms with E-state index in [-0.39, 0.29) is 0 Å². The van der Waals surface area contributed by atoms with Gasteiger partial charge in [0, 0.05) is 0 Å². The largest absolute Gasteiger partial charge is 0.386 e. The van der Waals surface area contributed by atoms with Crippen molar-refractivity contribution in [2.24, 2.45) is 0 Å². The summed E-state index contributed by atoms with van der Waals surface area (Å²) in [4.78, 5) is 0. The zero-order chi connectivity index (χ0) is 6.91. The van der Waals surface area contributed by atoms with E-state index in [9.17, 15) is 5.11 Å². The van der Waals surface area contributed by atoms with Crippen LogP contribution in [0.1, 0.15) is 33.1 Å². The highest BCUT2D eigenvalue weighted by molar-refractivity contribution is 5.17. The summed E-state index contributed by atoms with van der Waals surface area (Å²) in [6, 6.07) is 0. The lowest BCUT2D eigenvalue weighted by atomic mass is 9.98. The molecular formula is C8H14O. The van der Waals surface area contributed by atoms with Crippen molar-refractivity contribution in [3.63, 3.8) is 0 Å². The topological polar surface area (TPSA) is 20.2 Å². The SMILES string of the molecule is CC(C)(O)C1=CCCC1. The Morgan fingerprint density at radius 2 is 2.22 bits per heavy atom. The van der Waals surface area contributed by atoms with Crippen LogP contribution in [0.15, 0.2) is 11.6 Å². The Bertz CT molecular complexity index is 128. The third-order valence-electron chi connectivity index (χ3n) is 1.83. The van der Waals surface area contributed by atoms with Gasteiger partial charge in [0.2, 0.25) is 0 Å². The standard InChI is InChI=1S/C8H14O/c1-8(2,9)7-5-3-4-6-7/h5,9H,3-4,6H2,1-2H3. The van der Waals surface area contributed by atoms with Crippen LogP contribution in [-0.4, -0.2) is 10.7 Å². The van der Waals surface area contributed by atoms with E-state index < -0.39 is 5.60 Å². The van der Waals surface area contributed by atoms with Crippen LogP contribution in [0, 0.1) is 0 Å². The third-order valence-corrected chi connectivity index (χ3v) is 1.83. The van der Waals surface area contributed by atoms with Gasteiger partial charge in [-0.3, -0.25) is 0 Å². The monoisotopic (exact) mass is 126 g/mol. The maximum atomic E-state index is 9.45.